The number of benzene rings is 1. The van der Waals surface area contributed by atoms with E-state index in [4.69, 9.17) is 9.40 Å². The molecule has 0 unspecified atom stereocenters. The molecule has 164 valence electrons. The van der Waals surface area contributed by atoms with Crippen LogP contribution in [0.3, 0.4) is 0 Å². The lowest BCUT2D eigenvalue weighted by Gasteiger charge is -2.13. The first-order valence-corrected chi connectivity index (χ1v) is 11.4. The molecule has 5 rings (SSSR count). The van der Waals surface area contributed by atoms with Crippen LogP contribution in [0, 0.1) is 13.8 Å². The molecular formula is C23H23N5O3S. The lowest BCUT2D eigenvalue weighted by atomic mass is 10.1. The number of hydrogen-bond acceptors (Lipinski definition) is 7. The Morgan fingerprint density at radius 2 is 1.88 bits per heavy atom. The van der Waals surface area contributed by atoms with Gasteiger partial charge in [0.1, 0.15) is 22.6 Å². The molecule has 0 saturated carbocycles. The van der Waals surface area contributed by atoms with E-state index in [0.717, 1.165) is 47.9 Å². The molecule has 4 heterocycles. The highest BCUT2D eigenvalue weighted by atomic mass is 32.1. The molecule has 1 saturated heterocycles. The summed E-state index contributed by atoms with van der Waals surface area (Å²) in [7, 11) is 0. The number of anilines is 2. The summed E-state index contributed by atoms with van der Waals surface area (Å²) >= 11 is 1.42. The first-order chi connectivity index (χ1) is 15.5. The van der Waals surface area contributed by atoms with Crippen LogP contribution in [0.4, 0.5) is 10.8 Å². The van der Waals surface area contributed by atoms with Crippen molar-refractivity contribution < 1.29 is 9.21 Å². The van der Waals surface area contributed by atoms with Gasteiger partial charge >= 0.3 is 5.69 Å². The number of thiazole rings is 1. The second-order valence-electron chi connectivity index (χ2n) is 7.97. The molecule has 1 fully saturated rings. The van der Waals surface area contributed by atoms with Crippen molar-refractivity contribution in [3.8, 4) is 11.5 Å². The number of furan rings is 1. The van der Waals surface area contributed by atoms with Crippen LogP contribution in [0.25, 0.3) is 21.8 Å². The summed E-state index contributed by atoms with van der Waals surface area (Å²) in [6.45, 7) is 5.60. The molecule has 0 spiro atoms. The average molecular weight is 450 g/mol. The number of aromatic nitrogens is 3. The van der Waals surface area contributed by atoms with Crippen LogP contribution in [-0.2, 0) is 11.3 Å². The smallest absolute Gasteiger partial charge is 0.349 e. The molecule has 0 atom stereocenters. The predicted molar refractivity (Wildman–Crippen MR) is 125 cm³/mol. The molecule has 8 nitrogen and oxygen atoms in total. The molecule has 4 aromatic rings. The van der Waals surface area contributed by atoms with Gasteiger partial charge in [-0.3, -0.25) is 9.36 Å². The number of aryl methyl sites for hydroxylation is 2. The maximum atomic E-state index is 13.0. The van der Waals surface area contributed by atoms with Crippen molar-refractivity contribution in [3.05, 3.63) is 58.2 Å². The lowest BCUT2D eigenvalue weighted by molar-refractivity contribution is -0.116. The van der Waals surface area contributed by atoms with Gasteiger partial charge in [0.2, 0.25) is 5.91 Å². The number of nitrogens with zero attached hydrogens (tertiary/aromatic N) is 4. The fraction of sp³-hybridized carbons (Fsp3) is 0.304. The van der Waals surface area contributed by atoms with Crippen LogP contribution < -0.4 is 15.9 Å². The molecular weight excluding hydrogens is 426 g/mol. The van der Waals surface area contributed by atoms with Crippen molar-refractivity contribution in [2.24, 2.45) is 0 Å². The van der Waals surface area contributed by atoms with Gasteiger partial charge in [-0.15, -0.1) is 0 Å². The lowest BCUT2D eigenvalue weighted by Crippen LogP contribution is -2.30. The maximum Gasteiger partial charge on any atom is 0.349 e. The minimum absolute atomic E-state index is 0.143. The molecule has 32 heavy (non-hydrogen) atoms. The zero-order valence-electron chi connectivity index (χ0n) is 17.9. The van der Waals surface area contributed by atoms with E-state index < -0.39 is 5.69 Å². The van der Waals surface area contributed by atoms with Crippen molar-refractivity contribution >= 4 is 38.4 Å². The maximum absolute atomic E-state index is 13.0. The first-order valence-electron chi connectivity index (χ1n) is 10.6. The molecule has 0 bridgehead atoms. The molecule has 1 N–H and O–H groups in total. The van der Waals surface area contributed by atoms with Crippen molar-refractivity contribution in [1.29, 1.82) is 0 Å². The average Bonchev–Trinajstić information content (AvgIpc) is 3.53. The Morgan fingerprint density at radius 1 is 1.12 bits per heavy atom. The van der Waals surface area contributed by atoms with Gasteiger partial charge in [0.15, 0.2) is 10.9 Å². The van der Waals surface area contributed by atoms with E-state index in [2.05, 4.69) is 15.2 Å². The van der Waals surface area contributed by atoms with Gasteiger partial charge in [-0.25, -0.2) is 9.78 Å². The Bertz CT molecular complexity index is 1330. The van der Waals surface area contributed by atoms with E-state index in [-0.39, 0.29) is 12.5 Å². The van der Waals surface area contributed by atoms with Gasteiger partial charge in [-0.2, -0.15) is 4.98 Å². The third-order valence-corrected chi connectivity index (χ3v) is 6.82. The molecule has 0 radical (unpaired) electrons. The van der Waals surface area contributed by atoms with Crippen molar-refractivity contribution in [3.63, 3.8) is 0 Å². The number of carbonyl (C=O) groups is 1. The van der Waals surface area contributed by atoms with Crippen LogP contribution in [0.15, 0.2) is 45.8 Å². The van der Waals surface area contributed by atoms with E-state index >= 15 is 0 Å². The predicted octanol–water partition coefficient (Wildman–Crippen LogP) is 3.97. The SMILES string of the molecule is Cc1cccc(C)c1NC(=O)Cn1c(=O)nc(-c2ccco2)c2nc(N3CCCC3)sc21. The van der Waals surface area contributed by atoms with E-state index in [1.165, 1.54) is 15.9 Å². The summed E-state index contributed by atoms with van der Waals surface area (Å²) in [6, 6.07) is 9.34. The molecule has 1 amide bonds. The Kier molecular flexibility index (Phi) is 5.26. The monoisotopic (exact) mass is 449 g/mol. The van der Waals surface area contributed by atoms with Crippen LogP contribution in [0.1, 0.15) is 24.0 Å². The zero-order valence-corrected chi connectivity index (χ0v) is 18.7. The fourth-order valence-electron chi connectivity index (χ4n) is 4.04. The zero-order chi connectivity index (χ0) is 22.2. The fourth-order valence-corrected chi connectivity index (χ4v) is 5.15. The molecule has 9 heteroatoms. The van der Waals surface area contributed by atoms with E-state index in [1.807, 2.05) is 32.0 Å². The van der Waals surface area contributed by atoms with Gasteiger partial charge < -0.3 is 14.6 Å². The van der Waals surface area contributed by atoms with Gasteiger partial charge in [0, 0.05) is 18.8 Å². The van der Waals surface area contributed by atoms with Crippen LogP contribution >= 0.6 is 11.3 Å². The quantitative estimate of drug-likeness (QED) is 0.496. The largest absolute Gasteiger partial charge is 0.463 e. The van der Waals surface area contributed by atoms with Crippen LogP contribution in [-0.4, -0.2) is 33.5 Å². The van der Waals surface area contributed by atoms with Gasteiger partial charge in [0.25, 0.3) is 0 Å². The number of para-hydroxylation sites is 1. The number of amides is 1. The Balaban J connectivity index is 1.56. The highest BCUT2D eigenvalue weighted by Crippen LogP contribution is 2.34. The van der Waals surface area contributed by atoms with Crippen LogP contribution in [0.2, 0.25) is 0 Å². The van der Waals surface area contributed by atoms with Crippen molar-refractivity contribution in [2.75, 3.05) is 23.3 Å². The van der Waals surface area contributed by atoms with E-state index in [0.29, 0.717) is 21.8 Å². The molecule has 0 aliphatic carbocycles. The van der Waals surface area contributed by atoms with Crippen molar-refractivity contribution in [1.82, 2.24) is 14.5 Å². The Morgan fingerprint density at radius 3 is 2.56 bits per heavy atom. The van der Waals surface area contributed by atoms with Gasteiger partial charge in [-0.1, -0.05) is 29.5 Å². The van der Waals surface area contributed by atoms with Crippen LogP contribution in [0.5, 0.6) is 0 Å². The molecule has 3 aromatic heterocycles. The number of rotatable bonds is 5. The second-order valence-corrected chi connectivity index (χ2v) is 8.92. The molecule has 1 aliphatic heterocycles. The highest BCUT2D eigenvalue weighted by Gasteiger charge is 2.23. The third kappa shape index (κ3) is 3.69. The standard InChI is InChI=1S/C23H23N5O3S/c1-14-7-5-8-15(2)18(14)24-17(29)13-28-21-20(26-23(32-21)27-10-3-4-11-27)19(25-22(28)30)16-9-6-12-31-16/h5-9,12H,3-4,10-11,13H2,1-2H3,(H,24,29). The van der Waals surface area contributed by atoms with Crippen molar-refractivity contribution in [2.45, 2.75) is 33.2 Å². The summed E-state index contributed by atoms with van der Waals surface area (Å²) in [4.78, 5) is 37.8. The Hall–Kier alpha value is -3.46. The summed E-state index contributed by atoms with van der Waals surface area (Å²) in [5.41, 5.74) is 3.18. The Labute approximate surface area is 188 Å². The molecule has 1 aromatic carbocycles. The second kappa shape index (κ2) is 8.23. The molecule has 1 aliphatic rings. The number of hydrogen-bond donors (Lipinski definition) is 1. The third-order valence-electron chi connectivity index (χ3n) is 5.68. The number of fused-ring (bicyclic) bond motifs is 1. The van der Waals surface area contributed by atoms with Gasteiger partial charge in [-0.05, 0) is 49.9 Å². The van der Waals surface area contributed by atoms with E-state index in [9.17, 15) is 9.59 Å². The number of carbonyl (C=O) groups excluding carboxylic acids is 1. The summed E-state index contributed by atoms with van der Waals surface area (Å²) in [5.74, 6) is 0.201. The van der Waals surface area contributed by atoms with Gasteiger partial charge in [0.05, 0.1) is 6.26 Å². The normalized spacial score (nSPS) is 13.8. The highest BCUT2D eigenvalue weighted by molar-refractivity contribution is 7.22. The topological polar surface area (TPSA) is 93.3 Å². The summed E-state index contributed by atoms with van der Waals surface area (Å²) in [5, 5.41) is 3.79. The number of nitrogens with one attached hydrogen (secondary N) is 1. The minimum Gasteiger partial charge on any atom is -0.463 e. The summed E-state index contributed by atoms with van der Waals surface area (Å²) < 4.78 is 6.91. The minimum atomic E-state index is -0.503. The first kappa shape index (κ1) is 20.4. The van der Waals surface area contributed by atoms with E-state index in [1.54, 1.807) is 18.4 Å². The summed E-state index contributed by atoms with van der Waals surface area (Å²) in [6.07, 6.45) is 3.77.